The molecular weight excluding hydrogens is 228 g/mol. The van der Waals surface area contributed by atoms with Crippen LogP contribution in [-0.2, 0) is 11.2 Å². The first-order chi connectivity index (χ1) is 8.66. The summed E-state index contributed by atoms with van der Waals surface area (Å²) in [6.07, 6.45) is -0.135. The van der Waals surface area contributed by atoms with Crippen molar-refractivity contribution >= 4 is 11.8 Å². The third-order valence-corrected chi connectivity index (χ3v) is 3.14. The van der Waals surface area contributed by atoms with E-state index in [-0.39, 0.29) is 12.2 Å². The Bertz CT molecular complexity index is 671. The lowest BCUT2D eigenvalue weighted by Crippen LogP contribution is -2.24. The van der Waals surface area contributed by atoms with Gasteiger partial charge in [0.25, 0.3) is 0 Å². The number of benzene rings is 2. The van der Waals surface area contributed by atoms with E-state index in [2.05, 4.69) is 0 Å². The van der Waals surface area contributed by atoms with Gasteiger partial charge in [-0.1, -0.05) is 42.5 Å². The van der Waals surface area contributed by atoms with Crippen molar-refractivity contribution in [1.29, 1.82) is 0 Å². The molecule has 1 aliphatic carbocycles. The molecule has 0 radical (unpaired) electrons. The number of carboxylic acids is 1. The first kappa shape index (κ1) is 10.7. The smallest absolute Gasteiger partial charge is 0.194 e. The lowest BCUT2D eigenvalue weighted by molar-refractivity contribution is -0.304. The second kappa shape index (κ2) is 3.81. The van der Waals surface area contributed by atoms with Crippen LogP contribution in [0.4, 0.5) is 0 Å². The SMILES string of the molecule is O=C([O-])Cc1ccc2c(c1)-c1ccccc1C2=O. The second-order valence-electron chi connectivity index (χ2n) is 4.30. The average molecular weight is 237 g/mol. The first-order valence-electron chi connectivity index (χ1n) is 5.63. The van der Waals surface area contributed by atoms with E-state index >= 15 is 0 Å². The third kappa shape index (κ3) is 1.52. The van der Waals surface area contributed by atoms with Crippen LogP contribution in [0.25, 0.3) is 11.1 Å². The fourth-order valence-electron chi connectivity index (χ4n) is 2.35. The highest BCUT2D eigenvalue weighted by molar-refractivity contribution is 6.21. The highest BCUT2D eigenvalue weighted by Crippen LogP contribution is 2.36. The molecule has 2 aromatic rings. The van der Waals surface area contributed by atoms with Gasteiger partial charge in [0.1, 0.15) is 0 Å². The summed E-state index contributed by atoms with van der Waals surface area (Å²) in [7, 11) is 0. The summed E-state index contributed by atoms with van der Waals surface area (Å²) < 4.78 is 0. The van der Waals surface area contributed by atoms with Crippen molar-refractivity contribution in [3.05, 3.63) is 59.2 Å². The van der Waals surface area contributed by atoms with Gasteiger partial charge in [0.05, 0.1) is 0 Å². The third-order valence-electron chi connectivity index (χ3n) is 3.14. The van der Waals surface area contributed by atoms with Gasteiger partial charge in [-0.25, -0.2) is 0 Å². The van der Waals surface area contributed by atoms with E-state index in [4.69, 9.17) is 0 Å². The van der Waals surface area contributed by atoms with Gasteiger partial charge in [-0.3, -0.25) is 4.79 Å². The molecule has 3 rings (SSSR count). The Labute approximate surface area is 104 Å². The Balaban J connectivity index is 2.17. The number of carbonyl (C=O) groups is 2. The van der Waals surface area contributed by atoms with Crippen molar-refractivity contribution in [2.75, 3.05) is 0 Å². The zero-order chi connectivity index (χ0) is 12.7. The van der Waals surface area contributed by atoms with E-state index in [0.717, 1.165) is 11.1 Å². The number of carbonyl (C=O) groups excluding carboxylic acids is 2. The van der Waals surface area contributed by atoms with Crippen molar-refractivity contribution in [3.63, 3.8) is 0 Å². The van der Waals surface area contributed by atoms with Gasteiger partial charge >= 0.3 is 0 Å². The molecule has 0 amide bonds. The molecule has 0 saturated carbocycles. The van der Waals surface area contributed by atoms with Crippen molar-refractivity contribution in [2.24, 2.45) is 0 Å². The zero-order valence-corrected chi connectivity index (χ0v) is 9.47. The minimum absolute atomic E-state index is 0.000556. The van der Waals surface area contributed by atoms with Crippen LogP contribution in [0.2, 0.25) is 0 Å². The van der Waals surface area contributed by atoms with Crippen molar-refractivity contribution in [2.45, 2.75) is 6.42 Å². The fourth-order valence-corrected chi connectivity index (χ4v) is 2.35. The molecule has 3 nitrogen and oxygen atoms in total. The molecule has 1 aliphatic rings. The van der Waals surface area contributed by atoms with Crippen molar-refractivity contribution in [3.8, 4) is 11.1 Å². The number of aliphatic carboxylic acids is 1. The zero-order valence-electron chi connectivity index (χ0n) is 9.47. The predicted octanol–water partition coefficient (Wildman–Crippen LogP) is 1.19. The molecule has 0 fully saturated rings. The monoisotopic (exact) mass is 237 g/mol. The van der Waals surface area contributed by atoms with Crippen LogP contribution < -0.4 is 5.11 Å². The van der Waals surface area contributed by atoms with Crippen LogP contribution >= 0.6 is 0 Å². The minimum Gasteiger partial charge on any atom is -0.550 e. The molecule has 2 aromatic carbocycles. The summed E-state index contributed by atoms with van der Waals surface area (Å²) >= 11 is 0. The van der Waals surface area contributed by atoms with Gasteiger partial charge in [-0.2, -0.15) is 0 Å². The van der Waals surface area contributed by atoms with E-state index in [1.165, 1.54) is 0 Å². The van der Waals surface area contributed by atoms with E-state index < -0.39 is 5.97 Å². The fraction of sp³-hybridized carbons (Fsp3) is 0.0667. The van der Waals surface area contributed by atoms with Crippen LogP contribution in [0, 0.1) is 0 Å². The first-order valence-corrected chi connectivity index (χ1v) is 5.63. The van der Waals surface area contributed by atoms with Crippen LogP contribution in [0.5, 0.6) is 0 Å². The van der Waals surface area contributed by atoms with Crippen LogP contribution in [0.1, 0.15) is 21.5 Å². The van der Waals surface area contributed by atoms with Crippen molar-refractivity contribution in [1.82, 2.24) is 0 Å². The summed E-state index contributed by atoms with van der Waals surface area (Å²) in [4.78, 5) is 22.7. The summed E-state index contributed by atoms with van der Waals surface area (Å²) in [6, 6.07) is 12.5. The molecule has 0 bridgehead atoms. The normalized spacial score (nSPS) is 12.1. The van der Waals surface area contributed by atoms with E-state index in [0.29, 0.717) is 16.7 Å². The molecule has 18 heavy (non-hydrogen) atoms. The molecule has 0 heterocycles. The number of hydrogen-bond acceptors (Lipinski definition) is 3. The van der Waals surface area contributed by atoms with E-state index in [1.54, 1.807) is 24.3 Å². The summed E-state index contributed by atoms with van der Waals surface area (Å²) in [5.41, 5.74) is 3.65. The number of rotatable bonds is 2. The van der Waals surface area contributed by atoms with Crippen LogP contribution in [-0.4, -0.2) is 11.8 Å². The summed E-state index contributed by atoms with van der Waals surface area (Å²) in [5, 5.41) is 10.6. The Morgan fingerprint density at radius 1 is 0.944 bits per heavy atom. The Morgan fingerprint density at radius 2 is 1.61 bits per heavy atom. The average Bonchev–Trinajstić information content (AvgIpc) is 2.63. The van der Waals surface area contributed by atoms with Gasteiger partial charge in [0.15, 0.2) is 5.78 Å². The Kier molecular flexibility index (Phi) is 2.27. The van der Waals surface area contributed by atoms with Gasteiger partial charge in [-0.15, -0.1) is 0 Å². The lowest BCUT2D eigenvalue weighted by Gasteiger charge is -2.05. The standard InChI is InChI=1S/C15H10O3/c16-14(17)8-9-5-6-12-13(7-9)10-3-1-2-4-11(10)15(12)18/h1-7H,8H2,(H,16,17)/p-1. The molecule has 0 N–H and O–H groups in total. The molecule has 3 heteroatoms. The quantitative estimate of drug-likeness (QED) is 0.672. The maximum atomic E-state index is 12.1. The minimum atomic E-state index is -1.12. The molecule has 0 aliphatic heterocycles. The Morgan fingerprint density at radius 3 is 2.33 bits per heavy atom. The van der Waals surface area contributed by atoms with E-state index in [1.807, 2.05) is 18.2 Å². The van der Waals surface area contributed by atoms with Gasteiger partial charge < -0.3 is 9.90 Å². The van der Waals surface area contributed by atoms with E-state index in [9.17, 15) is 14.7 Å². The van der Waals surface area contributed by atoms with Crippen molar-refractivity contribution < 1.29 is 14.7 Å². The lowest BCUT2D eigenvalue weighted by atomic mass is 10.0. The van der Waals surface area contributed by atoms with Gasteiger partial charge in [0.2, 0.25) is 0 Å². The van der Waals surface area contributed by atoms with Crippen LogP contribution in [0.3, 0.4) is 0 Å². The number of ketones is 1. The molecular formula is C15H9O3-. The molecule has 0 aromatic heterocycles. The molecule has 88 valence electrons. The highest BCUT2D eigenvalue weighted by atomic mass is 16.4. The predicted molar refractivity (Wildman–Crippen MR) is 64.0 cm³/mol. The van der Waals surface area contributed by atoms with Crippen LogP contribution in [0.15, 0.2) is 42.5 Å². The number of fused-ring (bicyclic) bond motifs is 3. The number of carboxylic acid groups (broad SMARTS) is 1. The Hall–Kier alpha value is -2.42. The second-order valence-corrected chi connectivity index (χ2v) is 4.30. The molecule has 0 atom stereocenters. The molecule has 0 saturated heterocycles. The highest BCUT2D eigenvalue weighted by Gasteiger charge is 2.25. The summed E-state index contributed by atoms with van der Waals surface area (Å²) in [5.74, 6) is -1.12. The maximum absolute atomic E-state index is 12.1. The largest absolute Gasteiger partial charge is 0.550 e. The molecule has 0 unspecified atom stereocenters. The maximum Gasteiger partial charge on any atom is 0.194 e. The van der Waals surface area contributed by atoms with Gasteiger partial charge in [0, 0.05) is 23.5 Å². The van der Waals surface area contributed by atoms with Gasteiger partial charge in [-0.05, 0) is 16.7 Å². The topological polar surface area (TPSA) is 57.2 Å². The molecule has 0 spiro atoms. The summed E-state index contributed by atoms with van der Waals surface area (Å²) in [6.45, 7) is 0. The number of hydrogen-bond donors (Lipinski definition) is 0.